The molecule has 0 atom stereocenters. The van der Waals surface area contributed by atoms with Gasteiger partial charge in [-0.05, 0) is 32.9 Å². The lowest BCUT2D eigenvalue weighted by atomic mass is 10.2. The molecule has 6 heteroatoms. The summed E-state index contributed by atoms with van der Waals surface area (Å²) in [4.78, 5) is 21.9. The molecule has 0 aliphatic heterocycles. The van der Waals surface area contributed by atoms with Gasteiger partial charge in [0.25, 0.3) is 0 Å². The van der Waals surface area contributed by atoms with E-state index in [0.29, 0.717) is 0 Å². The Bertz CT molecular complexity index is 394. The Hall–Kier alpha value is -2.24. The number of phenols is 2. The van der Waals surface area contributed by atoms with Gasteiger partial charge in [0.1, 0.15) is 11.5 Å². The van der Waals surface area contributed by atoms with Gasteiger partial charge >= 0.3 is 11.9 Å². The number of hydrogen-bond acceptors (Lipinski definition) is 6. The Morgan fingerprint density at radius 2 is 1.45 bits per heavy atom. The van der Waals surface area contributed by atoms with Crippen LogP contribution in [0, 0.1) is 5.92 Å². The number of rotatable bonds is 4. The first-order valence-corrected chi connectivity index (χ1v) is 6.23. The molecule has 20 heavy (non-hydrogen) atoms. The molecule has 0 aliphatic carbocycles. The van der Waals surface area contributed by atoms with Gasteiger partial charge in [-0.15, -0.1) is 0 Å². The molecule has 0 amide bonds. The van der Waals surface area contributed by atoms with Crippen LogP contribution in [0.1, 0.15) is 20.8 Å². The third kappa shape index (κ3) is 7.25. The molecule has 0 aliphatic rings. The van der Waals surface area contributed by atoms with Crippen LogP contribution in [0.25, 0.3) is 0 Å². The van der Waals surface area contributed by atoms with Gasteiger partial charge in [0.15, 0.2) is 5.92 Å². The average molecular weight is 284 g/mol. The molecule has 0 bridgehead atoms. The molecule has 0 saturated heterocycles. The van der Waals surface area contributed by atoms with Gasteiger partial charge in [-0.2, -0.15) is 0 Å². The number of aromatic hydroxyl groups is 2. The summed E-state index contributed by atoms with van der Waals surface area (Å²) >= 11 is 0. The fraction of sp³-hybridized carbons (Fsp3) is 0.429. The summed E-state index contributed by atoms with van der Waals surface area (Å²) in [6.45, 7) is 5.41. The molecule has 0 radical (unpaired) electrons. The van der Waals surface area contributed by atoms with Gasteiger partial charge in [-0.1, -0.05) is 6.07 Å². The standard InChI is InChI=1S/C8H14O4.C6H6O2/c1-4-11-7(9)6(3)8(10)12-5-2;7-5-2-1-3-6(8)4-5/h6H,4-5H2,1-3H3;1-4,7-8H. The van der Waals surface area contributed by atoms with Crippen molar-refractivity contribution in [3.63, 3.8) is 0 Å². The number of benzene rings is 1. The highest BCUT2D eigenvalue weighted by Gasteiger charge is 2.23. The van der Waals surface area contributed by atoms with Crippen LogP contribution in [0.3, 0.4) is 0 Å². The molecule has 1 rings (SSSR count). The van der Waals surface area contributed by atoms with E-state index >= 15 is 0 Å². The normalized spacial score (nSPS) is 9.40. The number of carbonyl (C=O) groups excluding carboxylic acids is 2. The summed E-state index contributed by atoms with van der Waals surface area (Å²) in [5.74, 6) is -1.70. The second-order valence-corrected chi connectivity index (χ2v) is 3.75. The van der Waals surface area contributed by atoms with E-state index in [0.717, 1.165) is 0 Å². The summed E-state index contributed by atoms with van der Waals surface area (Å²) in [7, 11) is 0. The van der Waals surface area contributed by atoms with E-state index in [4.69, 9.17) is 10.2 Å². The molecule has 0 heterocycles. The Labute approximate surface area is 117 Å². The Morgan fingerprint density at radius 3 is 1.70 bits per heavy atom. The SMILES string of the molecule is CCOC(=O)C(C)C(=O)OCC.Oc1cccc(O)c1. The zero-order valence-electron chi connectivity index (χ0n) is 11.8. The highest BCUT2D eigenvalue weighted by atomic mass is 16.6. The minimum atomic E-state index is -0.815. The van der Waals surface area contributed by atoms with Crippen LogP contribution in [0.5, 0.6) is 11.5 Å². The van der Waals surface area contributed by atoms with E-state index in [1.165, 1.54) is 25.1 Å². The molecule has 2 N–H and O–H groups in total. The van der Waals surface area contributed by atoms with E-state index < -0.39 is 17.9 Å². The van der Waals surface area contributed by atoms with Crippen LogP contribution in [-0.4, -0.2) is 35.4 Å². The summed E-state index contributed by atoms with van der Waals surface area (Å²) < 4.78 is 9.26. The summed E-state index contributed by atoms with van der Waals surface area (Å²) in [5.41, 5.74) is 0. The van der Waals surface area contributed by atoms with E-state index in [2.05, 4.69) is 9.47 Å². The van der Waals surface area contributed by atoms with Gasteiger partial charge < -0.3 is 19.7 Å². The molecule has 6 nitrogen and oxygen atoms in total. The van der Waals surface area contributed by atoms with E-state index in [9.17, 15) is 9.59 Å². The number of esters is 2. The van der Waals surface area contributed by atoms with Gasteiger partial charge in [-0.25, -0.2) is 0 Å². The number of phenolic OH excluding ortho intramolecular Hbond substituents is 2. The van der Waals surface area contributed by atoms with Crippen molar-refractivity contribution in [1.29, 1.82) is 0 Å². The third-order valence-corrected chi connectivity index (χ3v) is 2.11. The van der Waals surface area contributed by atoms with Crippen molar-refractivity contribution in [2.45, 2.75) is 20.8 Å². The highest BCUT2D eigenvalue weighted by molar-refractivity contribution is 5.94. The van der Waals surface area contributed by atoms with Crippen LogP contribution in [0.2, 0.25) is 0 Å². The van der Waals surface area contributed by atoms with Crippen molar-refractivity contribution in [3.8, 4) is 11.5 Å². The zero-order chi connectivity index (χ0) is 15.5. The lowest BCUT2D eigenvalue weighted by Crippen LogP contribution is -2.25. The number of hydrogen-bond donors (Lipinski definition) is 2. The number of carbonyl (C=O) groups is 2. The van der Waals surface area contributed by atoms with Crippen LogP contribution in [-0.2, 0) is 19.1 Å². The molecule has 112 valence electrons. The van der Waals surface area contributed by atoms with Crippen LogP contribution < -0.4 is 0 Å². The van der Waals surface area contributed by atoms with Gasteiger partial charge in [0.05, 0.1) is 13.2 Å². The quantitative estimate of drug-likeness (QED) is 0.647. The molecule has 0 saturated carbocycles. The predicted molar refractivity (Wildman–Crippen MR) is 72.2 cm³/mol. The maximum Gasteiger partial charge on any atom is 0.320 e. The summed E-state index contributed by atoms with van der Waals surface area (Å²) in [5, 5.41) is 17.3. The molecule has 0 fully saturated rings. The molecule has 0 aromatic heterocycles. The van der Waals surface area contributed by atoms with Crippen molar-refractivity contribution < 1.29 is 29.3 Å². The van der Waals surface area contributed by atoms with Crippen molar-refractivity contribution >= 4 is 11.9 Å². The van der Waals surface area contributed by atoms with Crippen LogP contribution >= 0.6 is 0 Å². The largest absolute Gasteiger partial charge is 0.508 e. The Morgan fingerprint density at radius 1 is 1.05 bits per heavy atom. The van der Waals surface area contributed by atoms with E-state index in [1.807, 2.05) is 0 Å². The molecule has 1 aromatic carbocycles. The second kappa shape index (κ2) is 9.66. The summed E-state index contributed by atoms with van der Waals surface area (Å²) in [6, 6.07) is 5.85. The first-order chi connectivity index (χ1) is 9.42. The predicted octanol–water partition coefficient (Wildman–Crippen LogP) is 1.85. The average Bonchev–Trinajstić information content (AvgIpc) is 2.39. The lowest BCUT2D eigenvalue weighted by molar-refractivity contribution is -0.160. The van der Waals surface area contributed by atoms with Crippen molar-refractivity contribution in [1.82, 2.24) is 0 Å². The van der Waals surface area contributed by atoms with Crippen molar-refractivity contribution in [2.24, 2.45) is 5.92 Å². The van der Waals surface area contributed by atoms with Gasteiger partial charge in [0.2, 0.25) is 0 Å². The van der Waals surface area contributed by atoms with Crippen molar-refractivity contribution in [2.75, 3.05) is 13.2 Å². The first kappa shape index (κ1) is 17.8. The fourth-order valence-electron chi connectivity index (χ4n) is 1.12. The number of ether oxygens (including phenoxy) is 2. The van der Waals surface area contributed by atoms with E-state index in [1.54, 1.807) is 19.9 Å². The minimum Gasteiger partial charge on any atom is -0.508 e. The maximum atomic E-state index is 10.9. The second-order valence-electron chi connectivity index (χ2n) is 3.75. The highest BCUT2D eigenvalue weighted by Crippen LogP contribution is 2.14. The monoisotopic (exact) mass is 284 g/mol. The third-order valence-electron chi connectivity index (χ3n) is 2.11. The molecular formula is C14H20O6. The zero-order valence-corrected chi connectivity index (χ0v) is 11.8. The molecule has 0 spiro atoms. The Balaban J connectivity index is 0.000000388. The molecule has 0 unspecified atom stereocenters. The van der Waals surface area contributed by atoms with E-state index in [-0.39, 0.29) is 24.7 Å². The van der Waals surface area contributed by atoms with Crippen molar-refractivity contribution in [3.05, 3.63) is 24.3 Å². The fourth-order valence-corrected chi connectivity index (χ4v) is 1.12. The molecule has 1 aromatic rings. The first-order valence-electron chi connectivity index (χ1n) is 6.23. The summed E-state index contributed by atoms with van der Waals surface area (Å²) in [6.07, 6.45) is 0. The van der Waals surface area contributed by atoms with Crippen LogP contribution in [0.4, 0.5) is 0 Å². The topological polar surface area (TPSA) is 93.1 Å². The van der Waals surface area contributed by atoms with Gasteiger partial charge in [0, 0.05) is 6.07 Å². The Kier molecular flexibility index (Phi) is 8.58. The minimum absolute atomic E-state index is 0.0880. The van der Waals surface area contributed by atoms with Gasteiger partial charge in [-0.3, -0.25) is 9.59 Å². The lowest BCUT2D eigenvalue weighted by Gasteiger charge is -2.08. The van der Waals surface area contributed by atoms with Crippen LogP contribution in [0.15, 0.2) is 24.3 Å². The maximum absolute atomic E-state index is 10.9. The smallest absolute Gasteiger partial charge is 0.320 e. The molecular weight excluding hydrogens is 264 g/mol.